The van der Waals surface area contributed by atoms with Crippen LogP contribution in [-0.2, 0) is 13.5 Å². The maximum absolute atomic E-state index is 6.19. The van der Waals surface area contributed by atoms with Gasteiger partial charge in [-0.05, 0) is 23.6 Å². The molecule has 0 aliphatic rings. The van der Waals surface area contributed by atoms with Gasteiger partial charge in [0.2, 0.25) is 0 Å². The van der Waals surface area contributed by atoms with E-state index in [0.717, 1.165) is 11.1 Å². The molecule has 0 aliphatic carbocycles. The van der Waals surface area contributed by atoms with Crippen molar-refractivity contribution in [2.75, 3.05) is 0 Å². The summed E-state index contributed by atoms with van der Waals surface area (Å²) < 4.78 is 1.75. The monoisotopic (exact) mass is 284 g/mol. The summed E-state index contributed by atoms with van der Waals surface area (Å²) in [5, 5.41) is 5.19. The lowest BCUT2D eigenvalue weighted by Crippen LogP contribution is -2.29. The molecule has 0 saturated heterocycles. The van der Waals surface area contributed by atoms with Crippen molar-refractivity contribution in [2.45, 2.75) is 12.5 Å². The number of benzene rings is 1. The SMILES string of the molecule is Cn1cc(CC(NN)c2cccc(Cl)c2Cl)cn1. The van der Waals surface area contributed by atoms with Crippen molar-refractivity contribution in [3.8, 4) is 0 Å². The Morgan fingerprint density at radius 1 is 1.44 bits per heavy atom. The highest BCUT2D eigenvalue weighted by atomic mass is 35.5. The van der Waals surface area contributed by atoms with E-state index < -0.39 is 0 Å². The molecule has 1 aromatic carbocycles. The third kappa shape index (κ3) is 2.84. The van der Waals surface area contributed by atoms with Gasteiger partial charge in [0, 0.05) is 13.2 Å². The van der Waals surface area contributed by atoms with Crippen molar-refractivity contribution < 1.29 is 0 Å². The number of aryl methyl sites for hydroxylation is 1. The van der Waals surface area contributed by atoms with Crippen LogP contribution in [0.25, 0.3) is 0 Å². The summed E-state index contributed by atoms with van der Waals surface area (Å²) in [5.74, 6) is 5.60. The number of aromatic nitrogens is 2. The van der Waals surface area contributed by atoms with E-state index in [1.54, 1.807) is 10.7 Å². The van der Waals surface area contributed by atoms with Crippen LogP contribution in [0.3, 0.4) is 0 Å². The summed E-state index contributed by atoms with van der Waals surface area (Å²) >= 11 is 12.2. The smallest absolute Gasteiger partial charge is 0.0640 e. The second-order valence-corrected chi connectivity index (χ2v) is 4.87. The van der Waals surface area contributed by atoms with Crippen molar-refractivity contribution in [2.24, 2.45) is 12.9 Å². The molecule has 0 aliphatic heterocycles. The number of halogens is 2. The molecule has 0 bridgehead atoms. The van der Waals surface area contributed by atoms with Crippen LogP contribution in [0.2, 0.25) is 10.0 Å². The normalized spacial score (nSPS) is 12.7. The zero-order chi connectivity index (χ0) is 13.1. The van der Waals surface area contributed by atoms with Gasteiger partial charge in [0.25, 0.3) is 0 Å². The van der Waals surface area contributed by atoms with E-state index in [-0.39, 0.29) is 6.04 Å². The maximum Gasteiger partial charge on any atom is 0.0640 e. The highest BCUT2D eigenvalue weighted by Gasteiger charge is 2.16. The Hall–Kier alpha value is -1.07. The van der Waals surface area contributed by atoms with Crippen molar-refractivity contribution >= 4 is 23.2 Å². The molecule has 1 atom stereocenters. The van der Waals surface area contributed by atoms with Gasteiger partial charge in [-0.3, -0.25) is 16.0 Å². The minimum Gasteiger partial charge on any atom is -0.276 e. The zero-order valence-electron chi connectivity index (χ0n) is 9.90. The van der Waals surface area contributed by atoms with Crippen LogP contribution in [0.4, 0.5) is 0 Å². The first-order chi connectivity index (χ1) is 8.61. The largest absolute Gasteiger partial charge is 0.276 e. The summed E-state index contributed by atoms with van der Waals surface area (Å²) in [6.07, 6.45) is 4.45. The highest BCUT2D eigenvalue weighted by molar-refractivity contribution is 6.42. The molecular formula is C12H14Cl2N4. The van der Waals surface area contributed by atoms with Crippen molar-refractivity contribution in [1.82, 2.24) is 15.2 Å². The van der Waals surface area contributed by atoms with Crippen molar-refractivity contribution in [3.05, 3.63) is 51.8 Å². The quantitative estimate of drug-likeness (QED) is 0.670. The number of hydrazine groups is 1. The Morgan fingerprint density at radius 2 is 2.22 bits per heavy atom. The van der Waals surface area contributed by atoms with Crippen LogP contribution in [0.15, 0.2) is 30.6 Å². The van der Waals surface area contributed by atoms with E-state index in [1.165, 1.54) is 0 Å². The minimum absolute atomic E-state index is 0.0969. The molecule has 1 aromatic heterocycles. The van der Waals surface area contributed by atoms with Crippen LogP contribution >= 0.6 is 23.2 Å². The molecule has 0 fully saturated rings. The second-order valence-electron chi connectivity index (χ2n) is 4.09. The second kappa shape index (κ2) is 5.71. The fourth-order valence-corrected chi connectivity index (χ4v) is 2.30. The zero-order valence-corrected chi connectivity index (χ0v) is 11.4. The topological polar surface area (TPSA) is 55.9 Å². The van der Waals surface area contributed by atoms with Gasteiger partial charge in [0.1, 0.15) is 0 Å². The van der Waals surface area contributed by atoms with Crippen LogP contribution in [0.1, 0.15) is 17.2 Å². The number of rotatable bonds is 4. The minimum atomic E-state index is -0.0969. The van der Waals surface area contributed by atoms with Gasteiger partial charge < -0.3 is 0 Å². The van der Waals surface area contributed by atoms with Gasteiger partial charge in [0.05, 0.1) is 22.3 Å². The third-order valence-corrected chi connectivity index (χ3v) is 3.59. The van der Waals surface area contributed by atoms with E-state index in [9.17, 15) is 0 Å². The molecule has 1 heterocycles. The van der Waals surface area contributed by atoms with E-state index in [0.29, 0.717) is 16.5 Å². The number of hydrogen-bond acceptors (Lipinski definition) is 3. The van der Waals surface area contributed by atoms with Gasteiger partial charge >= 0.3 is 0 Å². The molecule has 18 heavy (non-hydrogen) atoms. The van der Waals surface area contributed by atoms with Crippen LogP contribution in [0.5, 0.6) is 0 Å². The first-order valence-electron chi connectivity index (χ1n) is 5.49. The molecular weight excluding hydrogens is 271 g/mol. The van der Waals surface area contributed by atoms with E-state index >= 15 is 0 Å². The number of hydrogen-bond donors (Lipinski definition) is 2. The molecule has 6 heteroatoms. The van der Waals surface area contributed by atoms with Gasteiger partial charge in [0.15, 0.2) is 0 Å². The maximum atomic E-state index is 6.19. The van der Waals surface area contributed by atoms with Gasteiger partial charge in [-0.15, -0.1) is 0 Å². The Labute approximate surface area is 116 Å². The molecule has 1 unspecified atom stereocenters. The van der Waals surface area contributed by atoms with Gasteiger partial charge in [-0.1, -0.05) is 35.3 Å². The fourth-order valence-electron chi connectivity index (χ4n) is 1.86. The molecule has 4 nitrogen and oxygen atoms in total. The lowest BCUT2D eigenvalue weighted by molar-refractivity contribution is 0.552. The summed E-state index contributed by atoms with van der Waals surface area (Å²) in [4.78, 5) is 0. The Bertz CT molecular complexity index is 539. The van der Waals surface area contributed by atoms with Crippen LogP contribution < -0.4 is 11.3 Å². The molecule has 2 aromatic rings. The van der Waals surface area contributed by atoms with Gasteiger partial charge in [-0.2, -0.15) is 5.10 Å². The standard InChI is InChI=1S/C12H14Cl2N4/c1-18-7-8(6-16-18)5-11(17-15)9-3-2-4-10(13)12(9)14/h2-4,6-7,11,17H,5,15H2,1H3. The molecule has 3 N–H and O–H groups in total. The molecule has 2 rings (SSSR count). The van der Waals surface area contributed by atoms with Crippen molar-refractivity contribution in [3.63, 3.8) is 0 Å². The van der Waals surface area contributed by atoms with Crippen LogP contribution in [0, 0.1) is 0 Å². The Kier molecular flexibility index (Phi) is 4.24. The fraction of sp³-hybridized carbons (Fsp3) is 0.250. The summed E-state index contributed by atoms with van der Waals surface area (Å²) in [5.41, 5.74) is 4.73. The number of nitrogens with zero attached hydrogens (tertiary/aromatic N) is 2. The third-order valence-electron chi connectivity index (χ3n) is 2.76. The summed E-state index contributed by atoms with van der Waals surface area (Å²) in [7, 11) is 1.88. The summed E-state index contributed by atoms with van der Waals surface area (Å²) in [6.45, 7) is 0. The Balaban J connectivity index is 2.25. The summed E-state index contributed by atoms with van der Waals surface area (Å²) in [6, 6.07) is 5.43. The first-order valence-corrected chi connectivity index (χ1v) is 6.25. The molecule has 0 amide bonds. The van der Waals surface area contributed by atoms with E-state index in [1.807, 2.05) is 31.6 Å². The lowest BCUT2D eigenvalue weighted by atomic mass is 10.0. The predicted octanol–water partition coefficient (Wildman–Crippen LogP) is 2.47. The predicted molar refractivity (Wildman–Crippen MR) is 73.4 cm³/mol. The number of nitrogens with one attached hydrogen (secondary N) is 1. The molecule has 0 radical (unpaired) electrons. The molecule has 96 valence electrons. The van der Waals surface area contributed by atoms with E-state index in [4.69, 9.17) is 29.0 Å². The number of nitrogens with two attached hydrogens (primary N) is 1. The van der Waals surface area contributed by atoms with Gasteiger partial charge in [-0.25, -0.2) is 0 Å². The Morgan fingerprint density at radius 3 is 2.83 bits per heavy atom. The van der Waals surface area contributed by atoms with Crippen LogP contribution in [-0.4, -0.2) is 9.78 Å². The molecule has 0 spiro atoms. The molecule has 0 saturated carbocycles. The average molecular weight is 285 g/mol. The van der Waals surface area contributed by atoms with Crippen molar-refractivity contribution in [1.29, 1.82) is 0 Å². The lowest BCUT2D eigenvalue weighted by Gasteiger charge is -2.17. The average Bonchev–Trinajstić information content (AvgIpc) is 2.76. The first kappa shape index (κ1) is 13.4. The highest BCUT2D eigenvalue weighted by Crippen LogP contribution is 2.31. The van der Waals surface area contributed by atoms with E-state index in [2.05, 4.69) is 10.5 Å².